The van der Waals surface area contributed by atoms with Gasteiger partial charge in [-0.3, -0.25) is 4.68 Å². The Bertz CT molecular complexity index is 480. The van der Waals surface area contributed by atoms with E-state index in [0.29, 0.717) is 6.42 Å². The highest BCUT2D eigenvalue weighted by Gasteiger charge is 2.17. The maximum absolute atomic E-state index is 9.04. The van der Waals surface area contributed by atoms with Crippen LogP contribution in [0.5, 0.6) is 0 Å². The number of aromatic nitrogens is 3. The maximum Gasteiger partial charge on any atom is 0.141 e. The summed E-state index contributed by atoms with van der Waals surface area (Å²) in [7, 11) is 1.87. The third-order valence-corrected chi connectivity index (χ3v) is 2.71. The van der Waals surface area contributed by atoms with E-state index in [9.17, 15) is 0 Å². The van der Waals surface area contributed by atoms with Gasteiger partial charge in [0, 0.05) is 31.3 Å². The van der Waals surface area contributed by atoms with E-state index in [2.05, 4.69) is 10.3 Å². The second-order valence-electron chi connectivity index (χ2n) is 3.80. The molecule has 0 saturated heterocycles. The topological polar surface area (TPSA) is 64.1 Å². The Kier molecular flexibility index (Phi) is 2.78. The van der Waals surface area contributed by atoms with Gasteiger partial charge in [-0.2, -0.15) is 5.10 Å². The molecule has 0 aliphatic rings. The van der Waals surface area contributed by atoms with Crippen LogP contribution in [0.25, 0.3) is 11.1 Å². The summed E-state index contributed by atoms with van der Waals surface area (Å²) in [4.78, 5) is 0. The minimum absolute atomic E-state index is 0.107. The predicted molar refractivity (Wildman–Crippen MR) is 59.0 cm³/mol. The quantitative estimate of drug-likeness (QED) is 0.846. The Labute approximate surface area is 93.7 Å². The van der Waals surface area contributed by atoms with Crippen LogP contribution in [0.2, 0.25) is 0 Å². The van der Waals surface area contributed by atoms with Gasteiger partial charge in [0.25, 0.3) is 0 Å². The van der Waals surface area contributed by atoms with Crippen molar-refractivity contribution in [3.05, 3.63) is 23.3 Å². The number of hydrogen-bond acceptors (Lipinski definition) is 4. The second kappa shape index (κ2) is 4.09. The summed E-state index contributed by atoms with van der Waals surface area (Å²) in [6.45, 7) is 3.89. The molecule has 0 bridgehead atoms. The summed E-state index contributed by atoms with van der Waals surface area (Å²) in [6.07, 6.45) is 2.37. The van der Waals surface area contributed by atoms with Gasteiger partial charge in [-0.1, -0.05) is 5.16 Å². The predicted octanol–water partition coefficient (Wildman–Crippen LogP) is 1.23. The van der Waals surface area contributed by atoms with Crippen molar-refractivity contribution in [3.63, 3.8) is 0 Å². The molecule has 0 spiro atoms. The van der Waals surface area contributed by atoms with Crippen molar-refractivity contribution >= 4 is 0 Å². The lowest BCUT2D eigenvalue weighted by Crippen LogP contribution is -2.02. The first-order valence-corrected chi connectivity index (χ1v) is 5.20. The highest BCUT2D eigenvalue weighted by molar-refractivity contribution is 5.69. The molecule has 0 saturated carbocycles. The van der Waals surface area contributed by atoms with Crippen LogP contribution in [0.15, 0.2) is 10.7 Å². The van der Waals surface area contributed by atoms with Gasteiger partial charge in [0.1, 0.15) is 5.76 Å². The average Bonchev–Trinajstić information content (AvgIpc) is 2.74. The molecule has 86 valence electrons. The van der Waals surface area contributed by atoms with Gasteiger partial charge in [0.15, 0.2) is 0 Å². The second-order valence-corrected chi connectivity index (χ2v) is 3.80. The molecule has 0 fully saturated rings. The molecule has 5 nitrogen and oxygen atoms in total. The summed E-state index contributed by atoms with van der Waals surface area (Å²) in [5, 5.41) is 17.2. The van der Waals surface area contributed by atoms with Crippen molar-refractivity contribution in [3.8, 4) is 11.1 Å². The Morgan fingerprint density at radius 1 is 1.44 bits per heavy atom. The van der Waals surface area contributed by atoms with Gasteiger partial charge < -0.3 is 9.63 Å². The summed E-state index contributed by atoms with van der Waals surface area (Å²) in [5.74, 6) is 0.782. The molecule has 0 unspecified atom stereocenters. The Balaban J connectivity index is 2.56. The van der Waals surface area contributed by atoms with E-state index in [1.54, 1.807) is 10.9 Å². The van der Waals surface area contributed by atoms with E-state index >= 15 is 0 Å². The van der Waals surface area contributed by atoms with Gasteiger partial charge in [-0.05, 0) is 13.8 Å². The number of rotatable bonds is 3. The van der Waals surface area contributed by atoms with Crippen LogP contribution in [0, 0.1) is 13.8 Å². The van der Waals surface area contributed by atoms with Crippen molar-refractivity contribution in [2.75, 3.05) is 6.61 Å². The first-order chi connectivity index (χ1) is 7.65. The van der Waals surface area contributed by atoms with Crippen LogP contribution in [0.1, 0.15) is 17.1 Å². The third kappa shape index (κ3) is 1.63. The van der Waals surface area contributed by atoms with Crippen LogP contribution < -0.4 is 0 Å². The summed E-state index contributed by atoms with van der Waals surface area (Å²) >= 11 is 0. The molecule has 0 atom stereocenters. The highest BCUT2D eigenvalue weighted by Crippen LogP contribution is 2.29. The molecule has 0 aliphatic heterocycles. The molecule has 0 amide bonds. The number of aliphatic hydroxyl groups excluding tert-OH is 1. The van der Waals surface area contributed by atoms with Gasteiger partial charge in [0.05, 0.1) is 17.5 Å². The van der Waals surface area contributed by atoms with E-state index in [4.69, 9.17) is 9.63 Å². The number of nitrogens with zero attached hydrogens (tertiary/aromatic N) is 3. The molecule has 16 heavy (non-hydrogen) atoms. The Morgan fingerprint density at radius 2 is 2.19 bits per heavy atom. The molecule has 0 aliphatic carbocycles. The van der Waals surface area contributed by atoms with Crippen LogP contribution >= 0.6 is 0 Å². The molecule has 2 rings (SSSR count). The highest BCUT2D eigenvalue weighted by atomic mass is 16.5. The smallest absolute Gasteiger partial charge is 0.141 e. The van der Waals surface area contributed by atoms with Crippen LogP contribution in [-0.4, -0.2) is 26.7 Å². The van der Waals surface area contributed by atoms with E-state index in [1.807, 2.05) is 20.9 Å². The first kappa shape index (κ1) is 10.9. The molecule has 2 aromatic heterocycles. The van der Waals surface area contributed by atoms with E-state index in [-0.39, 0.29) is 6.61 Å². The minimum atomic E-state index is 0.107. The average molecular weight is 221 g/mol. The standard InChI is InChI=1S/C11H15N3O2/c1-7-11(8(2)16-13-7)9-6-12-14(3)10(9)4-5-15/h6,15H,4-5H2,1-3H3. The first-order valence-electron chi connectivity index (χ1n) is 5.20. The summed E-state index contributed by atoms with van der Waals surface area (Å²) < 4.78 is 6.92. The van der Waals surface area contributed by atoms with Crippen molar-refractivity contribution in [1.82, 2.24) is 14.9 Å². The fourth-order valence-corrected chi connectivity index (χ4v) is 1.94. The lowest BCUT2D eigenvalue weighted by molar-refractivity contribution is 0.296. The fraction of sp³-hybridized carbons (Fsp3) is 0.455. The van der Waals surface area contributed by atoms with E-state index in [0.717, 1.165) is 28.3 Å². The third-order valence-electron chi connectivity index (χ3n) is 2.71. The molecular formula is C11H15N3O2. The molecule has 0 aromatic carbocycles. The Hall–Kier alpha value is -1.62. The monoisotopic (exact) mass is 221 g/mol. The van der Waals surface area contributed by atoms with Crippen molar-refractivity contribution < 1.29 is 9.63 Å². The molecule has 2 aromatic rings. The van der Waals surface area contributed by atoms with Crippen molar-refractivity contribution in [2.45, 2.75) is 20.3 Å². The van der Waals surface area contributed by atoms with Crippen molar-refractivity contribution in [2.24, 2.45) is 7.05 Å². The van der Waals surface area contributed by atoms with Gasteiger partial charge in [0.2, 0.25) is 0 Å². The lowest BCUT2D eigenvalue weighted by atomic mass is 10.0. The van der Waals surface area contributed by atoms with Crippen LogP contribution in [0.3, 0.4) is 0 Å². The Morgan fingerprint density at radius 3 is 2.75 bits per heavy atom. The zero-order chi connectivity index (χ0) is 11.7. The summed E-state index contributed by atoms with van der Waals surface area (Å²) in [6, 6.07) is 0. The number of hydrogen-bond donors (Lipinski definition) is 1. The number of aliphatic hydroxyl groups is 1. The SMILES string of the molecule is Cc1noc(C)c1-c1cnn(C)c1CCO. The minimum Gasteiger partial charge on any atom is -0.396 e. The lowest BCUT2D eigenvalue weighted by Gasteiger charge is -2.03. The van der Waals surface area contributed by atoms with Crippen LogP contribution in [-0.2, 0) is 13.5 Å². The van der Waals surface area contributed by atoms with Crippen molar-refractivity contribution in [1.29, 1.82) is 0 Å². The normalized spacial score (nSPS) is 11.0. The largest absolute Gasteiger partial charge is 0.396 e. The molecular weight excluding hydrogens is 206 g/mol. The van der Waals surface area contributed by atoms with E-state index < -0.39 is 0 Å². The van der Waals surface area contributed by atoms with Gasteiger partial charge in [-0.25, -0.2) is 0 Å². The van der Waals surface area contributed by atoms with Gasteiger partial charge in [-0.15, -0.1) is 0 Å². The number of aryl methyl sites for hydroxylation is 3. The molecule has 0 radical (unpaired) electrons. The summed E-state index contributed by atoms with van der Waals surface area (Å²) in [5.41, 5.74) is 3.82. The zero-order valence-corrected chi connectivity index (χ0v) is 9.69. The van der Waals surface area contributed by atoms with Gasteiger partial charge >= 0.3 is 0 Å². The maximum atomic E-state index is 9.04. The molecule has 1 N–H and O–H groups in total. The zero-order valence-electron chi connectivity index (χ0n) is 9.69. The molecule has 5 heteroatoms. The fourth-order valence-electron chi connectivity index (χ4n) is 1.94. The van der Waals surface area contributed by atoms with Crippen LogP contribution in [0.4, 0.5) is 0 Å². The molecule has 2 heterocycles. The van der Waals surface area contributed by atoms with E-state index in [1.165, 1.54) is 0 Å².